The molecule has 0 radical (unpaired) electrons. The van der Waals surface area contributed by atoms with Crippen molar-refractivity contribution in [3.05, 3.63) is 35.6 Å². The van der Waals surface area contributed by atoms with E-state index in [4.69, 9.17) is 0 Å². The molecule has 0 saturated carbocycles. The highest BCUT2D eigenvalue weighted by atomic mass is 19.1. The van der Waals surface area contributed by atoms with Crippen LogP contribution in [0, 0.1) is 11.7 Å². The van der Waals surface area contributed by atoms with E-state index < -0.39 is 5.82 Å². The number of carbonyl (C=O) groups excluding carboxylic acids is 2. The predicted molar refractivity (Wildman–Crippen MR) is 62.4 cm³/mol. The molecule has 0 N–H and O–H groups in total. The van der Waals surface area contributed by atoms with E-state index in [-0.39, 0.29) is 23.4 Å². The number of esters is 1. The molecule has 5 heteroatoms. The third-order valence-corrected chi connectivity index (χ3v) is 3.11. The van der Waals surface area contributed by atoms with Gasteiger partial charge in [0.25, 0.3) is 5.91 Å². The fourth-order valence-corrected chi connectivity index (χ4v) is 2.11. The number of carbonyl (C=O) groups is 2. The zero-order valence-corrected chi connectivity index (χ0v) is 10.1. The molecule has 2 rings (SSSR count). The number of benzene rings is 1. The molecule has 0 aliphatic carbocycles. The summed E-state index contributed by atoms with van der Waals surface area (Å²) in [5.74, 6) is -1.53. The fraction of sp³-hybridized carbons (Fsp3) is 0.385. The van der Waals surface area contributed by atoms with Gasteiger partial charge < -0.3 is 9.64 Å². The van der Waals surface area contributed by atoms with E-state index in [0.29, 0.717) is 19.5 Å². The van der Waals surface area contributed by atoms with Gasteiger partial charge in [-0.1, -0.05) is 12.1 Å². The largest absolute Gasteiger partial charge is 0.469 e. The van der Waals surface area contributed by atoms with E-state index in [9.17, 15) is 14.0 Å². The molecule has 0 aromatic heterocycles. The highest BCUT2D eigenvalue weighted by Gasteiger charge is 2.32. The van der Waals surface area contributed by atoms with Gasteiger partial charge in [0, 0.05) is 13.1 Å². The maximum atomic E-state index is 13.5. The number of halogens is 1. The Hall–Kier alpha value is -1.91. The second-order valence-corrected chi connectivity index (χ2v) is 4.24. The number of methoxy groups -OCH3 is 1. The summed E-state index contributed by atoms with van der Waals surface area (Å²) in [5, 5.41) is 0. The standard InChI is InChI=1S/C13H14FNO3/c1-18-13(17)9-6-7-15(8-9)12(16)10-4-2-3-5-11(10)14/h2-5,9H,6-8H2,1H3. The molecule has 1 unspecified atom stereocenters. The Morgan fingerprint density at radius 2 is 2.11 bits per heavy atom. The summed E-state index contributed by atoms with van der Waals surface area (Å²) in [6.07, 6.45) is 0.562. The van der Waals surface area contributed by atoms with Crippen molar-refractivity contribution in [3.63, 3.8) is 0 Å². The minimum atomic E-state index is -0.538. The van der Waals surface area contributed by atoms with Crippen LogP contribution < -0.4 is 0 Å². The Morgan fingerprint density at radius 1 is 1.39 bits per heavy atom. The summed E-state index contributed by atoms with van der Waals surface area (Å²) < 4.78 is 18.1. The summed E-state index contributed by atoms with van der Waals surface area (Å²) in [5.41, 5.74) is 0.0445. The van der Waals surface area contributed by atoms with Crippen LogP contribution in [-0.2, 0) is 9.53 Å². The van der Waals surface area contributed by atoms with E-state index in [0.717, 1.165) is 0 Å². The maximum Gasteiger partial charge on any atom is 0.310 e. The Kier molecular flexibility index (Phi) is 3.60. The normalized spacial score (nSPS) is 18.8. The van der Waals surface area contributed by atoms with Crippen LogP contribution in [-0.4, -0.2) is 37.0 Å². The molecule has 1 aliphatic heterocycles. The molecule has 1 saturated heterocycles. The lowest BCUT2D eigenvalue weighted by Gasteiger charge is -2.16. The number of likely N-dealkylation sites (tertiary alicyclic amines) is 1. The van der Waals surface area contributed by atoms with Crippen molar-refractivity contribution in [2.75, 3.05) is 20.2 Å². The van der Waals surface area contributed by atoms with Crippen LogP contribution in [0.4, 0.5) is 4.39 Å². The van der Waals surface area contributed by atoms with Gasteiger partial charge in [-0.3, -0.25) is 9.59 Å². The lowest BCUT2D eigenvalue weighted by Crippen LogP contribution is -2.30. The molecule has 1 heterocycles. The summed E-state index contributed by atoms with van der Waals surface area (Å²) in [7, 11) is 1.32. The Balaban J connectivity index is 2.08. The number of hydrogen-bond donors (Lipinski definition) is 0. The minimum Gasteiger partial charge on any atom is -0.469 e. The molecule has 18 heavy (non-hydrogen) atoms. The van der Waals surface area contributed by atoms with Crippen molar-refractivity contribution in [2.45, 2.75) is 6.42 Å². The number of ether oxygens (including phenoxy) is 1. The van der Waals surface area contributed by atoms with Crippen molar-refractivity contribution < 1.29 is 18.7 Å². The summed E-state index contributed by atoms with van der Waals surface area (Å²) in [6, 6.07) is 5.85. The highest BCUT2D eigenvalue weighted by molar-refractivity contribution is 5.95. The predicted octanol–water partition coefficient (Wildman–Crippen LogP) is 1.46. The van der Waals surface area contributed by atoms with Crippen molar-refractivity contribution >= 4 is 11.9 Å². The van der Waals surface area contributed by atoms with Crippen LogP contribution in [0.1, 0.15) is 16.8 Å². The highest BCUT2D eigenvalue weighted by Crippen LogP contribution is 2.20. The molecule has 0 bridgehead atoms. The lowest BCUT2D eigenvalue weighted by atomic mass is 10.1. The second kappa shape index (κ2) is 5.16. The van der Waals surface area contributed by atoms with Gasteiger partial charge in [-0.25, -0.2) is 4.39 Å². The third-order valence-electron chi connectivity index (χ3n) is 3.11. The van der Waals surface area contributed by atoms with Crippen LogP contribution >= 0.6 is 0 Å². The molecular formula is C13H14FNO3. The minimum absolute atomic E-state index is 0.0445. The first kappa shape index (κ1) is 12.5. The maximum absolute atomic E-state index is 13.5. The van der Waals surface area contributed by atoms with E-state index in [1.54, 1.807) is 6.07 Å². The van der Waals surface area contributed by atoms with Crippen LogP contribution in [0.25, 0.3) is 0 Å². The molecule has 4 nitrogen and oxygen atoms in total. The zero-order valence-electron chi connectivity index (χ0n) is 10.1. The van der Waals surface area contributed by atoms with Crippen LogP contribution in [0.5, 0.6) is 0 Å². The van der Waals surface area contributed by atoms with Gasteiger partial charge in [-0.05, 0) is 18.6 Å². The van der Waals surface area contributed by atoms with E-state index in [1.807, 2.05) is 0 Å². The number of hydrogen-bond acceptors (Lipinski definition) is 3. The SMILES string of the molecule is COC(=O)C1CCN(C(=O)c2ccccc2F)C1. The van der Waals surface area contributed by atoms with Gasteiger partial charge in [0.15, 0.2) is 0 Å². The van der Waals surface area contributed by atoms with E-state index >= 15 is 0 Å². The second-order valence-electron chi connectivity index (χ2n) is 4.24. The first-order valence-corrected chi connectivity index (χ1v) is 5.75. The van der Waals surface area contributed by atoms with E-state index in [2.05, 4.69) is 4.74 Å². The molecule has 1 atom stereocenters. The average Bonchev–Trinajstić information content (AvgIpc) is 2.87. The topological polar surface area (TPSA) is 46.6 Å². The number of nitrogens with zero attached hydrogens (tertiary/aromatic N) is 1. The van der Waals surface area contributed by atoms with Crippen LogP contribution in [0.2, 0.25) is 0 Å². The summed E-state index contributed by atoms with van der Waals surface area (Å²) in [6.45, 7) is 0.743. The molecule has 96 valence electrons. The van der Waals surface area contributed by atoms with Gasteiger partial charge >= 0.3 is 5.97 Å². The smallest absolute Gasteiger partial charge is 0.310 e. The third kappa shape index (κ3) is 2.34. The van der Waals surface area contributed by atoms with Crippen molar-refractivity contribution in [1.82, 2.24) is 4.90 Å². The van der Waals surface area contributed by atoms with Crippen LogP contribution in [0.15, 0.2) is 24.3 Å². The quantitative estimate of drug-likeness (QED) is 0.748. The molecule has 1 fully saturated rings. The van der Waals surface area contributed by atoms with Crippen LogP contribution in [0.3, 0.4) is 0 Å². The van der Waals surface area contributed by atoms with Crippen molar-refractivity contribution in [2.24, 2.45) is 5.92 Å². The molecule has 1 aromatic carbocycles. The monoisotopic (exact) mass is 251 g/mol. The van der Waals surface area contributed by atoms with Gasteiger partial charge in [0.2, 0.25) is 0 Å². The number of rotatable bonds is 2. The molecular weight excluding hydrogens is 237 g/mol. The number of amides is 1. The van der Waals surface area contributed by atoms with Crippen molar-refractivity contribution in [1.29, 1.82) is 0 Å². The van der Waals surface area contributed by atoms with Crippen molar-refractivity contribution in [3.8, 4) is 0 Å². The van der Waals surface area contributed by atoms with Gasteiger partial charge in [0.1, 0.15) is 5.82 Å². The van der Waals surface area contributed by atoms with Gasteiger partial charge in [-0.15, -0.1) is 0 Å². The van der Waals surface area contributed by atoms with Gasteiger partial charge in [-0.2, -0.15) is 0 Å². The summed E-state index contributed by atoms with van der Waals surface area (Å²) in [4.78, 5) is 24.9. The fourth-order valence-electron chi connectivity index (χ4n) is 2.11. The molecule has 1 amide bonds. The molecule has 1 aromatic rings. The summed E-state index contributed by atoms with van der Waals surface area (Å²) >= 11 is 0. The van der Waals surface area contributed by atoms with E-state index in [1.165, 1.54) is 30.2 Å². The average molecular weight is 251 g/mol. The zero-order chi connectivity index (χ0) is 13.1. The Morgan fingerprint density at radius 3 is 2.78 bits per heavy atom. The molecule has 1 aliphatic rings. The Bertz CT molecular complexity index is 475. The Labute approximate surface area is 104 Å². The molecule has 0 spiro atoms. The first-order chi connectivity index (χ1) is 8.63. The van der Waals surface area contributed by atoms with Gasteiger partial charge in [0.05, 0.1) is 18.6 Å². The lowest BCUT2D eigenvalue weighted by molar-refractivity contribution is -0.144. The first-order valence-electron chi connectivity index (χ1n) is 5.75.